The molecule has 1 aromatic heterocycles. The van der Waals surface area contributed by atoms with E-state index in [-0.39, 0.29) is 6.61 Å². The normalized spacial score (nSPS) is 10.4. The van der Waals surface area contributed by atoms with Gasteiger partial charge in [0.15, 0.2) is 0 Å². The number of nitrogens with one attached hydrogen (secondary N) is 1. The number of aliphatic hydroxyl groups is 1. The number of benzene rings is 1. The third kappa shape index (κ3) is 3.67. The van der Waals surface area contributed by atoms with E-state index in [9.17, 15) is 0 Å². The summed E-state index contributed by atoms with van der Waals surface area (Å²) in [6.45, 7) is 1.91. The Kier molecular flexibility index (Phi) is 5.30. The summed E-state index contributed by atoms with van der Waals surface area (Å²) in [6, 6.07) is 12.1. The first kappa shape index (κ1) is 14.3. The molecule has 2 aromatic rings. The van der Waals surface area contributed by atoms with E-state index in [0.29, 0.717) is 26.1 Å². The van der Waals surface area contributed by atoms with Gasteiger partial charge in [-0.1, -0.05) is 30.3 Å². The molecule has 104 valence electrons. The van der Waals surface area contributed by atoms with Crippen molar-refractivity contribution in [1.29, 1.82) is 5.26 Å². The molecule has 1 aromatic carbocycles. The van der Waals surface area contributed by atoms with E-state index in [4.69, 9.17) is 10.4 Å². The van der Waals surface area contributed by atoms with E-state index in [1.165, 1.54) is 0 Å². The molecule has 20 heavy (non-hydrogen) atoms. The molecule has 0 bridgehead atoms. The summed E-state index contributed by atoms with van der Waals surface area (Å²) in [5.41, 5.74) is 3.06. The predicted molar refractivity (Wildman–Crippen MR) is 76.7 cm³/mol. The van der Waals surface area contributed by atoms with Gasteiger partial charge in [-0.05, 0) is 0 Å². The first-order valence-corrected chi connectivity index (χ1v) is 6.65. The van der Waals surface area contributed by atoms with Crippen molar-refractivity contribution in [3.05, 3.63) is 42.1 Å². The Labute approximate surface area is 118 Å². The molecule has 0 aliphatic heterocycles. The van der Waals surface area contributed by atoms with E-state index < -0.39 is 0 Å². The summed E-state index contributed by atoms with van der Waals surface area (Å²) in [6.07, 6.45) is 2.41. The van der Waals surface area contributed by atoms with Gasteiger partial charge in [-0.15, -0.1) is 0 Å². The van der Waals surface area contributed by atoms with Crippen LogP contribution in [0.25, 0.3) is 11.3 Å². The molecule has 0 spiro atoms. The lowest BCUT2D eigenvalue weighted by atomic mass is 10.1. The minimum atomic E-state index is 0.114. The summed E-state index contributed by atoms with van der Waals surface area (Å²) in [7, 11) is 0. The molecule has 2 N–H and O–H groups in total. The van der Waals surface area contributed by atoms with Crippen LogP contribution in [0.1, 0.15) is 12.0 Å². The molecule has 0 radical (unpaired) electrons. The van der Waals surface area contributed by atoms with Crippen LogP contribution in [0.15, 0.2) is 36.5 Å². The second-order valence-corrected chi connectivity index (χ2v) is 4.44. The molecule has 0 fully saturated rings. The van der Waals surface area contributed by atoms with E-state index in [0.717, 1.165) is 16.8 Å². The van der Waals surface area contributed by atoms with E-state index in [2.05, 4.69) is 16.5 Å². The lowest BCUT2D eigenvalue weighted by Crippen LogP contribution is -2.17. The lowest BCUT2D eigenvalue weighted by Gasteiger charge is -2.03. The summed E-state index contributed by atoms with van der Waals surface area (Å²) in [5.74, 6) is 0. The van der Waals surface area contributed by atoms with Gasteiger partial charge in [-0.25, -0.2) is 0 Å². The third-order valence-corrected chi connectivity index (χ3v) is 2.94. The molecule has 0 aliphatic carbocycles. The zero-order valence-electron chi connectivity index (χ0n) is 11.3. The van der Waals surface area contributed by atoms with Crippen LogP contribution < -0.4 is 5.32 Å². The maximum atomic E-state index is 8.83. The fourth-order valence-corrected chi connectivity index (χ4v) is 2.01. The molecule has 0 unspecified atom stereocenters. The van der Waals surface area contributed by atoms with Crippen LogP contribution in [0.3, 0.4) is 0 Å². The maximum Gasteiger partial charge on any atom is 0.0968 e. The number of hydrogen-bond acceptors (Lipinski definition) is 4. The molecule has 0 saturated carbocycles. The SMILES string of the molecule is N#CCCn1cc(CNCCO)c(-c2ccccc2)n1. The smallest absolute Gasteiger partial charge is 0.0968 e. The van der Waals surface area contributed by atoms with Crippen molar-refractivity contribution in [2.24, 2.45) is 0 Å². The van der Waals surface area contributed by atoms with E-state index >= 15 is 0 Å². The Morgan fingerprint density at radius 3 is 2.80 bits per heavy atom. The second kappa shape index (κ2) is 7.43. The molecule has 0 atom stereocenters. The molecule has 0 amide bonds. The highest BCUT2D eigenvalue weighted by atomic mass is 16.3. The van der Waals surface area contributed by atoms with Crippen LogP contribution in [-0.4, -0.2) is 28.0 Å². The highest BCUT2D eigenvalue weighted by molar-refractivity contribution is 5.62. The average Bonchev–Trinajstić information content (AvgIpc) is 2.89. The lowest BCUT2D eigenvalue weighted by molar-refractivity contribution is 0.292. The van der Waals surface area contributed by atoms with Gasteiger partial charge in [0.25, 0.3) is 0 Å². The number of rotatable bonds is 7. The van der Waals surface area contributed by atoms with Gasteiger partial charge in [0, 0.05) is 30.4 Å². The van der Waals surface area contributed by atoms with Crippen LogP contribution in [-0.2, 0) is 13.1 Å². The van der Waals surface area contributed by atoms with Crippen molar-refractivity contribution in [3.63, 3.8) is 0 Å². The fraction of sp³-hybridized carbons (Fsp3) is 0.333. The Morgan fingerprint density at radius 2 is 2.10 bits per heavy atom. The largest absolute Gasteiger partial charge is 0.395 e. The molecule has 5 heteroatoms. The summed E-state index contributed by atoms with van der Waals surface area (Å²) in [4.78, 5) is 0. The Bertz CT molecular complexity index is 571. The number of aryl methyl sites for hydroxylation is 1. The van der Waals surface area contributed by atoms with Crippen LogP contribution in [0.2, 0.25) is 0 Å². The van der Waals surface area contributed by atoms with Crippen LogP contribution in [0.4, 0.5) is 0 Å². The van der Waals surface area contributed by atoms with Gasteiger partial charge < -0.3 is 10.4 Å². The quantitative estimate of drug-likeness (QED) is 0.749. The second-order valence-electron chi connectivity index (χ2n) is 4.44. The maximum absolute atomic E-state index is 8.83. The fourth-order valence-electron chi connectivity index (χ4n) is 2.01. The summed E-state index contributed by atoms with van der Waals surface area (Å²) >= 11 is 0. The molecular weight excluding hydrogens is 252 g/mol. The van der Waals surface area contributed by atoms with Crippen LogP contribution in [0, 0.1) is 11.3 Å². The van der Waals surface area contributed by atoms with Crippen molar-refractivity contribution in [3.8, 4) is 17.3 Å². The highest BCUT2D eigenvalue weighted by Crippen LogP contribution is 2.21. The Hall–Kier alpha value is -2.16. The number of nitriles is 1. The standard InChI is InChI=1S/C15H18N4O/c16-7-4-9-19-12-14(11-17-8-10-20)15(18-19)13-5-2-1-3-6-13/h1-3,5-6,12,17,20H,4,8-11H2. The molecule has 2 rings (SSSR count). The highest BCUT2D eigenvalue weighted by Gasteiger charge is 2.10. The van der Waals surface area contributed by atoms with Crippen LogP contribution >= 0.6 is 0 Å². The van der Waals surface area contributed by atoms with Gasteiger partial charge in [0.2, 0.25) is 0 Å². The van der Waals surface area contributed by atoms with Crippen molar-refractivity contribution in [2.45, 2.75) is 19.5 Å². The Balaban J connectivity index is 2.23. The first-order valence-electron chi connectivity index (χ1n) is 6.65. The number of nitrogens with zero attached hydrogens (tertiary/aromatic N) is 3. The molecule has 0 saturated heterocycles. The first-order chi connectivity index (χ1) is 9.85. The van der Waals surface area contributed by atoms with Crippen molar-refractivity contribution >= 4 is 0 Å². The molecular formula is C15H18N4O. The third-order valence-electron chi connectivity index (χ3n) is 2.94. The predicted octanol–water partition coefficient (Wildman–Crippen LogP) is 1.55. The average molecular weight is 270 g/mol. The number of aliphatic hydroxyl groups excluding tert-OH is 1. The van der Waals surface area contributed by atoms with Gasteiger partial charge in [0.1, 0.15) is 0 Å². The molecule has 0 aliphatic rings. The van der Waals surface area contributed by atoms with Gasteiger partial charge in [0.05, 0.1) is 31.3 Å². The van der Waals surface area contributed by atoms with E-state index in [1.807, 2.05) is 41.2 Å². The van der Waals surface area contributed by atoms with Crippen molar-refractivity contribution < 1.29 is 5.11 Å². The van der Waals surface area contributed by atoms with Gasteiger partial charge in [-0.2, -0.15) is 10.4 Å². The number of aromatic nitrogens is 2. The van der Waals surface area contributed by atoms with Gasteiger partial charge in [-0.3, -0.25) is 4.68 Å². The molecule has 5 nitrogen and oxygen atoms in total. The minimum Gasteiger partial charge on any atom is -0.395 e. The van der Waals surface area contributed by atoms with Crippen molar-refractivity contribution in [1.82, 2.24) is 15.1 Å². The Morgan fingerprint density at radius 1 is 1.30 bits per heavy atom. The van der Waals surface area contributed by atoms with Crippen LogP contribution in [0.5, 0.6) is 0 Å². The minimum absolute atomic E-state index is 0.114. The number of hydrogen-bond donors (Lipinski definition) is 2. The topological polar surface area (TPSA) is 73.9 Å². The van der Waals surface area contributed by atoms with Crippen molar-refractivity contribution in [2.75, 3.05) is 13.2 Å². The summed E-state index contributed by atoms with van der Waals surface area (Å²) < 4.78 is 1.81. The van der Waals surface area contributed by atoms with E-state index in [1.54, 1.807) is 0 Å². The monoisotopic (exact) mass is 270 g/mol. The van der Waals surface area contributed by atoms with Gasteiger partial charge >= 0.3 is 0 Å². The summed E-state index contributed by atoms with van der Waals surface area (Å²) in [5, 5.41) is 25.2. The zero-order chi connectivity index (χ0) is 14.2. The zero-order valence-corrected chi connectivity index (χ0v) is 11.3. The molecule has 1 heterocycles.